The van der Waals surface area contributed by atoms with Crippen LogP contribution < -0.4 is 0 Å². The molecule has 5 heteroatoms. The zero-order valence-corrected chi connectivity index (χ0v) is 18.5. The summed E-state index contributed by atoms with van der Waals surface area (Å²) in [6, 6.07) is 0. The fourth-order valence-corrected chi connectivity index (χ4v) is 3.18. The molecule has 0 aliphatic carbocycles. The molecule has 0 saturated heterocycles. The molecule has 0 aromatic rings. The monoisotopic (exact) mass is 401 g/mol. The lowest BCUT2D eigenvalue weighted by molar-refractivity contribution is -0.339. The van der Waals surface area contributed by atoms with Crippen LogP contribution in [-0.2, 0) is 9.68 Å². The first-order valence-corrected chi connectivity index (χ1v) is 11.8. The molecule has 0 atom stereocenters. The second-order valence-corrected chi connectivity index (χ2v) is 7.52. The maximum atomic E-state index is 8.78. The third-order valence-corrected chi connectivity index (χ3v) is 4.82. The van der Waals surface area contributed by atoms with E-state index in [1.165, 1.54) is 102 Å². The van der Waals surface area contributed by atoms with Gasteiger partial charge in [0.2, 0.25) is 0 Å². The Morgan fingerprint density at radius 1 is 0.607 bits per heavy atom. The third kappa shape index (κ3) is 21.7. The Hall–Kier alpha value is -0.620. The minimum Gasteiger partial charge on any atom is -0.394 e. The number of unbranched alkanes of at least 4 members (excludes halogenated alkanes) is 15. The summed E-state index contributed by atoms with van der Waals surface area (Å²) < 4.78 is 0. The predicted octanol–water partition coefficient (Wildman–Crippen LogP) is 5.91. The highest BCUT2D eigenvalue weighted by molar-refractivity contribution is 4.76. The number of aliphatic hydroxyl groups excluding tert-OH is 2. The molecule has 0 heterocycles. The van der Waals surface area contributed by atoms with Crippen LogP contribution in [0.3, 0.4) is 0 Å². The van der Waals surface area contributed by atoms with Gasteiger partial charge in [0.25, 0.3) is 0 Å². The van der Waals surface area contributed by atoms with Crippen LogP contribution in [-0.4, -0.2) is 41.9 Å². The lowest BCUT2D eigenvalue weighted by atomic mass is 10.0. The van der Waals surface area contributed by atoms with Crippen LogP contribution in [0, 0.1) is 0 Å². The number of nitrogens with zero attached hydrogens (tertiary/aromatic N) is 1. The largest absolute Gasteiger partial charge is 0.394 e. The van der Waals surface area contributed by atoms with Gasteiger partial charge in [0.1, 0.15) is 13.2 Å². The smallest absolute Gasteiger partial charge is 0.101 e. The molecule has 2 N–H and O–H groups in total. The summed E-state index contributed by atoms with van der Waals surface area (Å²) in [5, 5.41) is 18.8. The van der Waals surface area contributed by atoms with Gasteiger partial charge in [0, 0.05) is 0 Å². The summed E-state index contributed by atoms with van der Waals surface area (Å²) >= 11 is 0. The molecule has 0 aromatic heterocycles. The quantitative estimate of drug-likeness (QED) is 0.165. The minimum atomic E-state index is -0.0636. The zero-order valence-electron chi connectivity index (χ0n) is 18.5. The average Bonchev–Trinajstić information content (AvgIpc) is 2.71. The molecule has 0 rings (SSSR count). The lowest BCUT2D eigenvalue weighted by Crippen LogP contribution is -2.22. The lowest BCUT2D eigenvalue weighted by Gasteiger charge is -2.17. The molecule has 0 bridgehead atoms. The van der Waals surface area contributed by atoms with Crippen molar-refractivity contribution >= 4 is 0 Å². The van der Waals surface area contributed by atoms with Crippen molar-refractivity contribution in [3.63, 3.8) is 0 Å². The second kappa shape index (κ2) is 24.4. The van der Waals surface area contributed by atoms with Gasteiger partial charge in [0.15, 0.2) is 0 Å². The summed E-state index contributed by atoms with van der Waals surface area (Å²) in [7, 11) is 0. The Balaban J connectivity index is 3.33. The van der Waals surface area contributed by atoms with E-state index in [1.54, 1.807) is 6.20 Å². The summed E-state index contributed by atoms with van der Waals surface area (Å²) in [5.74, 6) is 0. The van der Waals surface area contributed by atoms with Crippen molar-refractivity contribution in [2.24, 2.45) is 0 Å². The highest BCUT2D eigenvalue weighted by Gasteiger charge is 1.99. The van der Waals surface area contributed by atoms with Crippen LogP contribution in [0.1, 0.15) is 110 Å². The van der Waals surface area contributed by atoms with Gasteiger partial charge in [-0.05, 0) is 12.8 Å². The Morgan fingerprint density at radius 3 is 1.39 bits per heavy atom. The average molecular weight is 402 g/mol. The van der Waals surface area contributed by atoms with Crippen molar-refractivity contribution in [1.82, 2.24) is 5.23 Å². The van der Waals surface area contributed by atoms with Gasteiger partial charge in [-0.2, -0.15) is 0 Å². The molecule has 168 valence electrons. The van der Waals surface area contributed by atoms with Gasteiger partial charge in [-0.1, -0.05) is 103 Å². The van der Waals surface area contributed by atoms with Crippen LogP contribution in [0.25, 0.3) is 0 Å². The highest BCUT2D eigenvalue weighted by Crippen LogP contribution is 2.13. The van der Waals surface area contributed by atoms with Crippen molar-refractivity contribution in [1.29, 1.82) is 0 Å². The number of hydrogen-bond acceptors (Lipinski definition) is 5. The fourth-order valence-electron chi connectivity index (χ4n) is 3.18. The Kier molecular flexibility index (Phi) is 23.9. The van der Waals surface area contributed by atoms with E-state index in [9.17, 15) is 0 Å². The first kappa shape index (κ1) is 27.4. The SMILES string of the molecule is CCCCCCCCCCCCCCCCCC=CN(OCCO)OCCO. The highest BCUT2D eigenvalue weighted by atomic mass is 16.9. The van der Waals surface area contributed by atoms with E-state index in [0.717, 1.165) is 6.42 Å². The van der Waals surface area contributed by atoms with E-state index >= 15 is 0 Å². The van der Waals surface area contributed by atoms with E-state index < -0.39 is 0 Å². The molecule has 0 aliphatic rings. The summed E-state index contributed by atoms with van der Waals surface area (Å²) in [4.78, 5) is 10.4. The van der Waals surface area contributed by atoms with Crippen LogP contribution >= 0.6 is 0 Å². The molecule has 0 amide bonds. The van der Waals surface area contributed by atoms with Crippen LogP contribution in [0.15, 0.2) is 12.3 Å². The van der Waals surface area contributed by atoms with E-state index in [1.807, 2.05) is 6.08 Å². The maximum Gasteiger partial charge on any atom is 0.101 e. The van der Waals surface area contributed by atoms with Gasteiger partial charge >= 0.3 is 0 Å². The summed E-state index contributed by atoms with van der Waals surface area (Å²) in [5.41, 5.74) is 0. The van der Waals surface area contributed by atoms with Crippen molar-refractivity contribution in [3.8, 4) is 0 Å². The van der Waals surface area contributed by atoms with Gasteiger partial charge in [0.05, 0.1) is 19.4 Å². The number of aliphatic hydroxyl groups is 2. The molecule has 0 fully saturated rings. The van der Waals surface area contributed by atoms with Crippen LogP contribution in [0.5, 0.6) is 0 Å². The van der Waals surface area contributed by atoms with Gasteiger partial charge < -0.3 is 10.2 Å². The third-order valence-electron chi connectivity index (χ3n) is 4.82. The molecule has 0 saturated carbocycles. The fraction of sp³-hybridized carbons (Fsp3) is 0.913. The number of hydrogen-bond donors (Lipinski definition) is 2. The topological polar surface area (TPSA) is 62.2 Å². The summed E-state index contributed by atoms with van der Waals surface area (Å²) in [6.45, 7) is 2.50. The molecule has 0 spiro atoms. The Morgan fingerprint density at radius 2 is 1.00 bits per heavy atom. The molecule has 0 radical (unpaired) electrons. The first-order chi connectivity index (χ1) is 13.8. The maximum absolute atomic E-state index is 8.78. The van der Waals surface area contributed by atoms with Gasteiger partial charge in [-0.15, -0.1) is 5.23 Å². The van der Waals surface area contributed by atoms with Crippen molar-refractivity contribution in [3.05, 3.63) is 12.3 Å². The predicted molar refractivity (Wildman–Crippen MR) is 117 cm³/mol. The molecular formula is C23H47NO4. The van der Waals surface area contributed by atoms with E-state index in [4.69, 9.17) is 19.9 Å². The number of hydroxylamine groups is 2. The molecule has 0 unspecified atom stereocenters. The van der Waals surface area contributed by atoms with Gasteiger partial charge in [-0.25, -0.2) is 9.68 Å². The molecular weight excluding hydrogens is 354 g/mol. The van der Waals surface area contributed by atoms with Crippen molar-refractivity contribution in [2.75, 3.05) is 26.4 Å². The number of allylic oxidation sites excluding steroid dienone is 1. The Labute approximate surface area is 174 Å². The van der Waals surface area contributed by atoms with E-state index in [-0.39, 0.29) is 26.4 Å². The standard InChI is InChI=1S/C23H47NO4/c1-2-3-4-5-6-7-8-9-10-11-12-13-14-15-16-17-18-19-24(27-22-20-25)28-23-21-26/h18-19,25-26H,2-17,20-23H2,1H3. The van der Waals surface area contributed by atoms with Gasteiger partial charge in [-0.3, -0.25) is 0 Å². The molecule has 0 aromatic carbocycles. The van der Waals surface area contributed by atoms with Crippen LogP contribution in [0.2, 0.25) is 0 Å². The summed E-state index contributed by atoms with van der Waals surface area (Å²) in [6.07, 6.45) is 25.3. The Bertz CT molecular complexity index is 305. The molecule has 28 heavy (non-hydrogen) atoms. The number of rotatable bonds is 23. The van der Waals surface area contributed by atoms with Crippen molar-refractivity contribution in [2.45, 2.75) is 110 Å². The first-order valence-electron chi connectivity index (χ1n) is 11.8. The zero-order chi connectivity index (χ0) is 20.5. The molecule has 5 nitrogen and oxygen atoms in total. The van der Waals surface area contributed by atoms with Crippen molar-refractivity contribution < 1.29 is 19.9 Å². The van der Waals surface area contributed by atoms with Crippen LogP contribution in [0.4, 0.5) is 0 Å². The minimum absolute atomic E-state index is 0.0636. The molecule has 0 aliphatic heterocycles. The van der Waals surface area contributed by atoms with E-state index in [2.05, 4.69) is 6.92 Å². The van der Waals surface area contributed by atoms with E-state index in [0.29, 0.717) is 0 Å². The second-order valence-electron chi connectivity index (χ2n) is 7.52. The normalized spacial score (nSPS) is 11.5.